The van der Waals surface area contributed by atoms with Crippen LogP contribution >= 0.6 is 31.9 Å². The second-order valence-corrected chi connectivity index (χ2v) is 7.72. The van der Waals surface area contributed by atoms with Gasteiger partial charge in [0.25, 0.3) is 0 Å². The molecule has 1 atom stereocenters. The van der Waals surface area contributed by atoms with Crippen molar-refractivity contribution < 1.29 is 29.3 Å². The van der Waals surface area contributed by atoms with Gasteiger partial charge in [0, 0.05) is 33.8 Å². The molecule has 0 saturated carbocycles. The van der Waals surface area contributed by atoms with Gasteiger partial charge in [0.1, 0.15) is 11.9 Å². The van der Waals surface area contributed by atoms with Crippen LogP contribution in [0, 0.1) is 0 Å². The maximum Gasteiger partial charge on any atom is 0.412 e. The lowest BCUT2D eigenvalue weighted by atomic mass is 10.0. The summed E-state index contributed by atoms with van der Waals surface area (Å²) >= 11 is 6.53. The van der Waals surface area contributed by atoms with Crippen molar-refractivity contribution in [1.82, 2.24) is 0 Å². The molecule has 7 nitrogen and oxygen atoms in total. The molecule has 152 valence electrons. The minimum atomic E-state index is -1.14. The first-order chi connectivity index (χ1) is 13.7. The third-order valence-corrected chi connectivity index (χ3v) is 4.86. The van der Waals surface area contributed by atoms with Crippen LogP contribution in [0.1, 0.15) is 35.4 Å². The van der Waals surface area contributed by atoms with E-state index in [1.165, 1.54) is 13.0 Å². The molecular formula is C20H17Br2NO6. The lowest BCUT2D eigenvalue weighted by Gasteiger charge is -2.19. The van der Waals surface area contributed by atoms with Crippen LogP contribution in [-0.2, 0) is 9.53 Å². The summed E-state index contributed by atoms with van der Waals surface area (Å²) in [6.07, 6.45) is 0.537. The number of ether oxygens (including phenoxy) is 1. The Bertz CT molecular complexity index is 956. The molecule has 9 heteroatoms. The number of rotatable bonds is 7. The number of hydrogen-bond donors (Lipinski definition) is 3. The normalized spacial score (nSPS) is 11.8. The Kier molecular flexibility index (Phi) is 7.98. The van der Waals surface area contributed by atoms with Gasteiger partial charge in [0.05, 0.1) is 4.47 Å². The number of carbonyl (C=O) groups excluding carboxylic acids is 2. The summed E-state index contributed by atoms with van der Waals surface area (Å²) in [6.45, 7) is 1.44. The highest BCUT2D eigenvalue weighted by atomic mass is 79.9. The lowest BCUT2D eigenvalue weighted by molar-refractivity contribution is -0.131. The number of halogens is 2. The molecule has 0 aliphatic heterocycles. The molecule has 3 N–H and O–H groups in total. The number of amides is 1. The summed E-state index contributed by atoms with van der Waals surface area (Å²) in [5.41, 5.74) is 1.22. The SMILES string of the molecule is CC(=O)c1ccc(NC(=O)O[C@H](C/C=C/C(=O)O)c2cc(Br)cc(Br)c2O)cc1. The topological polar surface area (TPSA) is 113 Å². The van der Waals surface area contributed by atoms with E-state index in [-0.39, 0.29) is 18.0 Å². The van der Waals surface area contributed by atoms with E-state index >= 15 is 0 Å². The van der Waals surface area contributed by atoms with Gasteiger partial charge >= 0.3 is 12.1 Å². The van der Waals surface area contributed by atoms with Gasteiger partial charge in [-0.05, 0) is 59.3 Å². The highest BCUT2D eigenvalue weighted by molar-refractivity contribution is 9.11. The smallest absolute Gasteiger partial charge is 0.412 e. The minimum absolute atomic E-state index is 0.0272. The van der Waals surface area contributed by atoms with Gasteiger partial charge in [-0.2, -0.15) is 0 Å². The van der Waals surface area contributed by atoms with Crippen LogP contribution in [0.4, 0.5) is 10.5 Å². The van der Waals surface area contributed by atoms with E-state index in [9.17, 15) is 19.5 Å². The van der Waals surface area contributed by atoms with Crippen molar-refractivity contribution in [1.29, 1.82) is 0 Å². The molecule has 0 saturated heterocycles. The van der Waals surface area contributed by atoms with Crippen molar-refractivity contribution in [2.24, 2.45) is 0 Å². The number of anilines is 1. The van der Waals surface area contributed by atoms with Gasteiger partial charge in [0.2, 0.25) is 0 Å². The molecule has 0 fully saturated rings. The van der Waals surface area contributed by atoms with Crippen LogP contribution in [0.25, 0.3) is 0 Å². The fourth-order valence-corrected chi connectivity index (χ4v) is 3.69. The first-order valence-electron chi connectivity index (χ1n) is 8.33. The number of Topliss-reactive ketones (excluding diaryl/α,β-unsaturated/α-hetero) is 1. The Hall–Kier alpha value is -2.65. The molecule has 2 rings (SSSR count). The highest BCUT2D eigenvalue weighted by Crippen LogP contribution is 2.38. The highest BCUT2D eigenvalue weighted by Gasteiger charge is 2.21. The second-order valence-electron chi connectivity index (χ2n) is 5.95. The fourth-order valence-electron chi connectivity index (χ4n) is 2.43. The summed E-state index contributed by atoms with van der Waals surface area (Å²) in [5, 5.41) is 21.7. The van der Waals surface area contributed by atoms with Crippen LogP contribution < -0.4 is 5.32 Å². The van der Waals surface area contributed by atoms with Gasteiger partial charge in [-0.25, -0.2) is 9.59 Å². The van der Waals surface area contributed by atoms with Gasteiger partial charge in [-0.3, -0.25) is 10.1 Å². The van der Waals surface area contributed by atoms with Crippen LogP contribution in [0.5, 0.6) is 5.75 Å². The zero-order chi connectivity index (χ0) is 21.6. The molecule has 0 unspecified atom stereocenters. The van der Waals surface area contributed by atoms with E-state index in [4.69, 9.17) is 9.84 Å². The summed E-state index contributed by atoms with van der Waals surface area (Å²) in [5.74, 6) is -1.36. The Morgan fingerprint density at radius 1 is 1.17 bits per heavy atom. The number of nitrogens with one attached hydrogen (secondary N) is 1. The molecule has 29 heavy (non-hydrogen) atoms. The van der Waals surface area contributed by atoms with Crippen molar-refractivity contribution >= 4 is 55.4 Å². The van der Waals surface area contributed by atoms with Crippen LogP contribution in [-0.4, -0.2) is 28.1 Å². The van der Waals surface area contributed by atoms with Crippen LogP contribution in [0.3, 0.4) is 0 Å². The zero-order valence-corrected chi connectivity index (χ0v) is 18.4. The molecule has 1 amide bonds. The number of carbonyl (C=O) groups is 3. The molecule has 0 aliphatic rings. The molecule has 2 aromatic rings. The number of aliphatic carboxylic acids is 1. The minimum Gasteiger partial charge on any atom is -0.506 e. The summed E-state index contributed by atoms with van der Waals surface area (Å²) in [7, 11) is 0. The number of carboxylic acids is 1. The molecular weight excluding hydrogens is 510 g/mol. The van der Waals surface area contributed by atoms with Crippen molar-refractivity contribution in [2.45, 2.75) is 19.4 Å². The third-order valence-electron chi connectivity index (χ3n) is 3.80. The van der Waals surface area contributed by atoms with E-state index in [0.29, 0.717) is 25.8 Å². The lowest BCUT2D eigenvalue weighted by Crippen LogP contribution is -2.17. The van der Waals surface area contributed by atoms with Crippen molar-refractivity contribution in [3.05, 3.63) is 68.6 Å². The maximum atomic E-state index is 12.3. The van der Waals surface area contributed by atoms with Crippen molar-refractivity contribution in [3.63, 3.8) is 0 Å². The van der Waals surface area contributed by atoms with Crippen LogP contribution in [0.15, 0.2) is 57.5 Å². The van der Waals surface area contributed by atoms with Crippen molar-refractivity contribution in [2.75, 3.05) is 5.32 Å². The Balaban J connectivity index is 2.21. The Morgan fingerprint density at radius 2 is 1.83 bits per heavy atom. The first-order valence-corrected chi connectivity index (χ1v) is 9.92. The third kappa shape index (κ3) is 6.72. The van der Waals surface area contributed by atoms with Gasteiger partial charge in [-0.15, -0.1) is 0 Å². The van der Waals surface area contributed by atoms with Crippen LogP contribution in [0.2, 0.25) is 0 Å². The second kappa shape index (κ2) is 10.2. The summed E-state index contributed by atoms with van der Waals surface area (Å²) in [4.78, 5) is 34.4. The van der Waals surface area contributed by atoms with Gasteiger partial charge in [-0.1, -0.05) is 22.0 Å². The first kappa shape index (κ1) is 22.6. The number of benzene rings is 2. The molecule has 0 aliphatic carbocycles. The predicted molar refractivity (Wildman–Crippen MR) is 114 cm³/mol. The quantitative estimate of drug-likeness (QED) is 0.327. The molecule has 0 radical (unpaired) electrons. The van der Waals surface area contributed by atoms with Crippen molar-refractivity contribution in [3.8, 4) is 5.75 Å². The monoisotopic (exact) mass is 525 g/mol. The summed E-state index contributed by atoms with van der Waals surface area (Å²) < 4.78 is 6.45. The predicted octanol–water partition coefficient (Wildman–Crippen LogP) is 5.44. The molecule has 0 heterocycles. The zero-order valence-electron chi connectivity index (χ0n) is 15.2. The molecule has 2 aromatic carbocycles. The largest absolute Gasteiger partial charge is 0.506 e. The van der Waals surface area contributed by atoms with E-state index in [2.05, 4.69) is 37.2 Å². The Labute approximate surface area is 183 Å². The fraction of sp³-hybridized carbons (Fsp3) is 0.150. The number of phenols is 1. The van der Waals surface area contributed by atoms with E-state index in [0.717, 1.165) is 6.08 Å². The number of carboxylic acid groups (broad SMARTS) is 1. The van der Waals surface area contributed by atoms with E-state index < -0.39 is 18.2 Å². The average Bonchev–Trinajstić information content (AvgIpc) is 2.64. The molecule has 0 aromatic heterocycles. The maximum absolute atomic E-state index is 12.3. The number of hydrogen-bond acceptors (Lipinski definition) is 5. The Morgan fingerprint density at radius 3 is 2.41 bits per heavy atom. The number of aromatic hydroxyl groups is 1. The number of ketones is 1. The standard InChI is InChI=1S/C20H17Br2NO6/c1-11(24)12-5-7-14(8-6-12)23-20(28)29-17(3-2-4-18(25)26)15-9-13(21)10-16(22)19(15)27/h2,4-10,17,27H,3H2,1H3,(H,23,28)(H,25,26)/b4-2+/t17-/m1/s1. The molecule has 0 bridgehead atoms. The van der Waals surface area contributed by atoms with E-state index in [1.807, 2.05) is 0 Å². The van der Waals surface area contributed by atoms with E-state index in [1.54, 1.807) is 36.4 Å². The van der Waals surface area contributed by atoms with Gasteiger partial charge in [0.15, 0.2) is 5.78 Å². The summed E-state index contributed by atoms with van der Waals surface area (Å²) in [6, 6.07) is 9.47. The average molecular weight is 527 g/mol. The van der Waals surface area contributed by atoms with Gasteiger partial charge < -0.3 is 14.9 Å². The number of phenolic OH excluding ortho intramolecular Hbond substituents is 1. The molecule has 0 spiro atoms.